The lowest BCUT2D eigenvalue weighted by Gasteiger charge is -2.09. The van der Waals surface area contributed by atoms with Crippen molar-refractivity contribution in [1.29, 1.82) is 0 Å². The first kappa shape index (κ1) is 11.0. The first-order chi connectivity index (χ1) is 6.79. The maximum absolute atomic E-state index is 11.2. The number of rotatable bonds is 0. The van der Waals surface area contributed by atoms with Crippen molar-refractivity contribution in [2.75, 3.05) is 0 Å². The van der Waals surface area contributed by atoms with E-state index in [9.17, 15) is 4.79 Å². The molecule has 0 saturated carbocycles. The van der Waals surface area contributed by atoms with Gasteiger partial charge < -0.3 is 4.74 Å². The summed E-state index contributed by atoms with van der Waals surface area (Å²) in [6.07, 6.45) is 13.0. The molecule has 0 aromatic rings. The number of carbonyl (C=O) groups excluding carboxylic acids is 1. The Hall–Kier alpha value is -1.05. The molecule has 0 fully saturated rings. The van der Waals surface area contributed by atoms with Gasteiger partial charge in [0.25, 0.3) is 0 Å². The van der Waals surface area contributed by atoms with Crippen molar-refractivity contribution in [3.63, 3.8) is 0 Å². The van der Waals surface area contributed by atoms with Crippen LogP contribution in [-0.2, 0) is 9.53 Å². The van der Waals surface area contributed by atoms with Crippen LogP contribution in [0.25, 0.3) is 0 Å². The van der Waals surface area contributed by atoms with E-state index < -0.39 is 0 Å². The van der Waals surface area contributed by atoms with E-state index in [0.717, 1.165) is 25.7 Å². The highest BCUT2D eigenvalue weighted by atomic mass is 16.5. The zero-order valence-electron chi connectivity index (χ0n) is 8.74. The fraction of sp³-hybridized carbons (Fsp3) is 0.583. The molecule has 1 aliphatic heterocycles. The Labute approximate surface area is 85.6 Å². The quantitative estimate of drug-likeness (QED) is 0.437. The predicted octanol–water partition coefficient (Wildman–Crippen LogP) is 2.99. The van der Waals surface area contributed by atoms with E-state index >= 15 is 0 Å². The Morgan fingerprint density at radius 1 is 1.21 bits per heavy atom. The summed E-state index contributed by atoms with van der Waals surface area (Å²) in [6, 6.07) is 0. The molecule has 78 valence electrons. The second-order valence-corrected chi connectivity index (χ2v) is 3.64. The third-order valence-electron chi connectivity index (χ3n) is 2.20. The fourth-order valence-electron chi connectivity index (χ4n) is 1.40. The summed E-state index contributed by atoms with van der Waals surface area (Å²) in [5.41, 5.74) is 0. The van der Waals surface area contributed by atoms with Crippen LogP contribution >= 0.6 is 0 Å². The summed E-state index contributed by atoms with van der Waals surface area (Å²) in [5, 5.41) is 0. The third kappa shape index (κ3) is 4.85. The van der Waals surface area contributed by atoms with E-state index in [1.54, 1.807) is 6.08 Å². The van der Waals surface area contributed by atoms with Gasteiger partial charge in [0, 0.05) is 12.5 Å². The average molecular weight is 194 g/mol. The second kappa shape index (κ2) is 6.41. The van der Waals surface area contributed by atoms with E-state index in [0.29, 0.717) is 0 Å². The molecule has 1 aliphatic rings. The lowest BCUT2D eigenvalue weighted by Crippen LogP contribution is -2.11. The smallest absolute Gasteiger partial charge is 0.330 e. The van der Waals surface area contributed by atoms with Crippen LogP contribution in [0.15, 0.2) is 24.3 Å². The number of carbonyl (C=O) groups is 1. The van der Waals surface area contributed by atoms with Gasteiger partial charge >= 0.3 is 5.97 Å². The molecular formula is C12H18O2. The number of hydrogen-bond donors (Lipinski definition) is 0. The summed E-state index contributed by atoms with van der Waals surface area (Å²) in [5.74, 6) is -0.216. The van der Waals surface area contributed by atoms with Gasteiger partial charge in [-0.2, -0.15) is 0 Å². The molecule has 0 radical (unpaired) electrons. The Bertz CT molecular complexity index is 228. The van der Waals surface area contributed by atoms with Crippen molar-refractivity contribution in [3.05, 3.63) is 24.3 Å². The Kier molecular flexibility index (Phi) is 5.05. The fourth-order valence-corrected chi connectivity index (χ4v) is 1.40. The molecule has 1 heterocycles. The monoisotopic (exact) mass is 194 g/mol. The topological polar surface area (TPSA) is 26.3 Å². The summed E-state index contributed by atoms with van der Waals surface area (Å²) in [7, 11) is 0. The molecule has 1 rings (SSSR count). The Morgan fingerprint density at radius 2 is 1.93 bits per heavy atom. The maximum Gasteiger partial charge on any atom is 0.330 e. The lowest BCUT2D eigenvalue weighted by atomic mass is 10.1. The molecule has 2 heteroatoms. The van der Waals surface area contributed by atoms with Gasteiger partial charge in [0.2, 0.25) is 0 Å². The van der Waals surface area contributed by atoms with Crippen molar-refractivity contribution >= 4 is 5.97 Å². The van der Waals surface area contributed by atoms with Gasteiger partial charge in [0.1, 0.15) is 6.10 Å². The number of cyclic esters (lactones) is 1. The summed E-state index contributed by atoms with van der Waals surface area (Å²) >= 11 is 0. The minimum Gasteiger partial charge on any atom is -0.459 e. The molecule has 0 aromatic carbocycles. The first-order valence-corrected chi connectivity index (χ1v) is 5.31. The van der Waals surface area contributed by atoms with Gasteiger partial charge in [0.15, 0.2) is 0 Å². The molecule has 2 nitrogen and oxygen atoms in total. The van der Waals surface area contributed by atoms with E-state index in [2.05, 4.69) is 12.2 Å². The van der Waals surface area contributed by atoms with Crippen LogP contribution in [-0.4, -0.2) is 12.1 Å². The second-order valence-electron chi connectivity index (χ2n) is 3.64. The summed E-state index contributed by atoms with van der Waals surface area (Å²) in [6.45, 7) is 1.92. The molecule has 0 saturated heterocycles. The van der Waals surface area contributed by atoms with Crippen LogP contribution in [0.3, 0.4) is 0 Å². The van der Waals surface area contributed by atoms with Crippen molar-refractivity contribution in [2.45, 2.75) is 45.1 Å². The lowest BCUT2D eigenvalue weighted by molar-refractivity contribution is -0.141. The van der Waals surface area contributed by atoms with Gasteiger partial charge in [-0.25, -0.2) is 4.79 Å². The molecule has 1 unspecified atom stereocenters. The number of esters is 1. The number of hydrogen-bond acceptors (Lipinski definition) is 2. The van der Waals surface area contributed by atoms with E-state index in [1.807, 2.05) is 13.0 Å². The molecule has 1 atom stereocenters. The van der Waals surface area contributed by atoms with Crippen LogP contribution in [0.4, 0.5) is 0 Å². The van der Waals surface area contributed by atoms with Gasteiger partial charge in [-0.1, -0.05) is 18.2 Å². The summed E-state index contributed by atoms with van der Waals surface area (Å²) in [4.78, 5) is 11.2. The highest BCUT2D eigenvalue weighted by molar-refractivity contribution is 5.81. The predicted molar refractivity (Wildman–Crippen MR) is 56.9 cm³/mol. The third-order valence-corrected chi connectivity index (χ3v) is 2.20. The molecule has 0 amide bonds. The number of ether oxygens (including phenoxy) is 1. The van der Waals surface area contributed by atoms with Crippen LogP contribution in [0.5, 0.6) is 0 Å². The molecule has 0 aliphatic carbocycles. The SMILES string of the molecule is CC1C/C=C/CCCC/C=C/C(=O)O1. The molecule has 0 N–H and O–H groups in total. The van der Waals surface area contributed by atoms with Crippen LogP contribution < -0.4 is 0 Å². The van der Waals surface area contributed by atoms with Gasteiger partial charge in [-0.3, -0.25) is 0 Å². The molecular weight excluding hydrogens is 176 g/mol. The maximum atomic E-state index is 11.2. The van der Waals surface area contributed by atoms with Crippen molar-refractivity contribution in [3.8, 4) is 0 Å². The van der Waals surface area contributed by atoms with E-state index in [1.165, 1.54) is 6.42 Å². The number of allylic oxidation sites excluding steroid dienone is 2. The highest BCUT2D eigenvalue weighted by Crippen LogP contribution is 2.06. The zero-order valence-corrected chi connectivity index (χ0v) is 8.74. The van der Waals surface area contributed by atoms with Crippen molar-refractivity contribution in [1.82, 2.24) is 0 Å². The van der Waals surface area contributed by atoms with Gasteiger partial charge in [-0.15, -0.1) is 0 Å². The van der Waals surface area contributed by atoms with E-state index in [4.69, 9.17) is 4.74 Å². The largest absolute Gasteiger partial charge is 0.459 e. The minimum absolute atomic E-state index is 0.0113. The Balaban J connectivity index is 2.45. The molecule has 0 aromatic heterocycles. The molecule has 0 bridgehead atoms. The zero-order chi connectivity index (χ0) is 10.2. The summed E-state index contributed by atoms with van der Waals surface area (Å²) < 4.78 is 5.15. The molecule has 0 spiro atoms. The van der Waals surface area contributed by atoms with Gasteiger partial charge in [-0.05, 0) is 32.6 Å². The normalized spacial score (nSPS) is 29.5. The first-order valence-electron chi connectivity index (χ1n) is 5.31. The van der Waals surface area contributed by atoms with Crippen molar-refractivity contribution < 1.29 is 9.53 Å². The Morgan fingerprint density at radius 3 is 2.71 bits per heavy atom. The van der Waals surface area contributed by atoms with Crippen molar-refractivity contribution in [2.24, 2.45) is 0 Å². The van der Waals surface area contributed by atoms with Crippen LogP contribution in [0.2, 0.25) is 0 Å². The van der Waals surface area contributed by atoms with Gasteiger partial charge in [0.05, 0.1) is 0 Å². The average Bonchev–Trinajstić information content (AvgIpc) is 2.13. The standard InChI is InChI=1S/C12H18O2/c1-11-9-7-5-3-2-4-6-8-10-12(13)14-11/h5,7-8,10-11H,2-4,6,9H2,1H3/b7-5+,10-8+. The van der Waals surface area contributed by atoms with Crippen LogP contribution in [0, 0.1) is 0 Å². The highest BCUT2D eigenvalue weighted by Gasteiger charge is 2.04. The van der Waals surface area contributed by atoms with E-state index in [-0.39, 0.29) is 12.1 Å². The minimum atomic E-state index is -0.216. The van der Waals surface area contributed by atoms with Crippen LogP contribution in [0.1, 0.15) is 39.0 Å². The molecule has 14 heavy (non-hydrogen) atoms.